The Balaban J connectivity index is 2.08. The van der Waals surface area contributed by atoms with Crippen molar-refractivity contribution >= 4 is 0 Å². The van der Waals surface area contributed by atoms with Crippen molar-refractivity contribution in [3.8, 4) is 0 Å². The zero-order chi connectivity index (χ0) is 29.5. The molecule has 0 aromatic heterocycles. The Kier molecular flexibility index (Phi) is 28.8. The molecular weight excluding hydrogens is 496 g/mol. The lowest BCUT2D eigenvalue weighted by Crippen LogP contribution is -2.39. The van der Waals surface area contributed by atoms with Gasteiger partial charge in [0.25, 0.3) is 0 Å². The molecule has 2 heteroatoms. The highest BCUT2D eigenvalue weighted by Gasteiger charge is 2.24. The van der Waals surface area contributed by atoms with Crippen molar-refractivity contribution < 1.29 is 0 Å². The lowest BCUT2D eigenvalue weighted by Gasteiger charge is -2.33. The van der Waals surface area contributed by atoms with Gasteiger partial charge in [-0.25, -0.2) is 0 Å². The summed E-state index contributed by atoms with van der Waals surface area (Å²) in [6, 6.07) is 0. The van der Waals surface area contributed by atoms with E-state index < -0.39 is 0 Å². The molecule has 0 radical (unpaired) electrons. The minimum absolute atomic E-state index is 0.641. The van der Waals surface area contributed by atoms with Crippen LogP contribution < -0.4 is 0 Å². The standard InChI is InChI=1S/C39H78N2/c1-4-7-10-13-15-17-18-19-20-21-22-23-24-25-27-30-33-36-41-38-37-40(39(41)34-31-28-12-9-6-3)35-32-29-26-16-14-11-8-5-2/h37-39H,4-36H2,1-3H3. The van der Waals surface area contributed by atoms with Crippen molar-refractivity contribution in [2.24, 2.45) is 0 Å². The first-order chi connectivity index (χ1) is 20.3. The van der Waals surface area contributed by atoms with Crippen molar-refractivity contribution in [1.29, 1.82) is 0 Å². The van der Waals surface area contributed by atoms with E-state index in [1.165, 1.54) is 212 Å². The molecule has 41 heavy (non-hydrogen) atoms. The molecule has 0 amide bonds. The summed E-state index contributed by atoms with van der Waals surface area (Å²) in [6.07, 6.45) is 49.9. The molecule has 0 N–H and O–H groups in total. The highest BCUT2D eigenvalue weighted by Crippen LogP contribution is 2.24. The minimum Gasteiger partial charge on any atom is -0.356 e. The van der Waals surface area contributed by atoms with E-state index in [9.17, 15) is 0 Å². The van der Waals surface area contributed by atoms with Gasteiger partial charge in [-0.15, -0.1) is 0 Å². The summed E-state index contributed by atoms with van der Waals surface area (Å²) >= 11 is 0. The van der Waals surface area contributed by atoms with Crippen LogP contribution in [0.4, 0.5) is 0 Å². The lowest BCUT2D eigenvalue weighted by atomic mass is 10.0. The first kappa shape index (κ1) is 38.4. The number of nitrogens with zero attached hydrogens (tertiary/aromatic N) is 2. The quantitative estimate of drug-likeness (QED) is 0.0719. The minimum atomic E-state index is 0.641. The van der Waals surface area contributed by atoms with Crippen LogP contribution in [0, 0.1) is 0 Å². The molecular formula is C39H78N2. The van der Waals surface area contributed by atoms with Crippen molar-refractivity contribution in [2.45, 2.75) is 226 Å². The van der Waals surface area contributed by atoms with E-state index >= 15 is 0 Å². The monoisotopic (exact) mass is 575 g/mol. The van der Waals surface area contributed by atoms with Crippen LogP contribution >= 0.6 is 0 Å². The molecule has 0 aromatic rings. The Hall–Kier alpha value is -0.660. The van der Waals surface area contributed by atoms with Gasteiger partial charge in [0.2, 0.25) is 0 Å². The Morgan fingerprint density at radius 1 is 0.317 bits per heavy atom. The average molecular weight is 575 g/mol. The van der Waals surface area contributed by atoms with Gasteiger partial charge in [0.05, 0.1) is 0 Å². The maximum atomic E-state index is 2.70. The smallest absolute Gasteiger partial charge is 0.101 e. The van der Waals surface area contributed by atoms with Gasteiger partial charge in [-0.3, -0.25) is 0 Å². The first-order valence-electron chi connectivity index (χ1n) is 19.5. The van der Waals surface area contributed by atoms with Crippen molar-refractivity contribution in [3.05, 3.63) is 12.4 Å². The van der Waals surface area contributed by atoms with Gasteiger partial charge in [0.15, 0.2) is 0 Å². The fourth-order valence-electron chi connectivity index (χ4n) is 6.72. The predicted molar refractivity (Wildman–Crippen MR) is 186 cm³/mol. The van der Waals surface area contributed by atoms with E-state index in [1.807, 2.05) is 0 Å². The van der Waals surface area contributed by atoms with Crippen molar-refractivity contribution in [2.75, 3.05) is 13.1 Å². The first-order valence-corrected chi connectivity index (χ1v) is 19.5. The molecule has 0 aromatic carbocycles. The van der Waals surface area contributed by atoms with Gasteiger partial charge in [-0.2, -0.15) is 0 Å². The Bertz CT molecular complexity index is 530. The number of hydrogen-bond donors (Lipinski definition) is 0. The normalized spacial score (nSPS) is 15.0. The highest BCUT2D eigenvalue weighted by atomic mass is 15.4. The maximum absolute atomic E-state index is 2.70. The Morgan fingerprint density at radius 2 is 0.561 bits per heavy atom. The number of hydrogen-bond acceptors (Lipinski definition) is 2. The molecule has 1 rings (SSSR count). The zero-order valence-corrected chi connectivity index (χ0v) is 29.0. The molecule has 1 aliphatic heterocycles. The SMILES string of the molecule is CCCCCCCCCCCCCCCCCCCN1C=CN(CCCCCCCCCC)C1CCCCCCC. The number of unbranched alkanes of at least 4 members (excludes halogenated alkanes) is 27. The summed E-state index contributed by atoms with van der Waals surface area (Å²) in [6.45, 7) is 9.48. The van der Waals surface area contributed by atoms with Gasteiger partial charge in [0, 0.05) is 25.5 Å². The van der Waals surface area contributed by atoms with Gasteiger partial charge < -0.3 is 9.80 Å². The maximum Gasteiger partial charge on any atom is 0.101 e. The molecule has 2 nitrogen and oxygen atoms in total. The molecule has 1 aliphatic rings. The third-order valence-corrected chi connectivity index (χ3v) is 9.57. The van der Waals surface area contributed by atoms with E-state index in [0.29, 0.717) is 6.17 Å². The predicted octanol–water partition coefficient (Wildman–Crippen LogP) is 13.6. The third-order valence-electron chi connectivity index (χ3n) is 9.57. The molecule has 1 atom stereocenters. The molecule has 0 spiro atoms. The van der Waals surface area contributed by atoms with Crippen LogP contribution in [0.2, 0.25) is 0 Å². The molecule has 244 valence electrons. The molecule has 0 saturated heterocycles. The Labute approximate surface area is 260 Å². The largest absolute Gasteiger partial charge is 0.356 e. The molecule has 1 unspecified atom stereocenters. The van der Waals surface area contributed by atoms with Crippen LogP contribution in [0.25, 0.3) is 0 Å². The summed E-state index contributed by atoms with van der Waals surface area (Å²) in [5.74, 6) is 0. The fraction of sp³-hybridized carbons (Fsp3) is 0.949. The average Bonchev–Trinajstić information content (AvgIpc) is 3.37. The van der Waals surface area contributed by atoms with E-state index in [-0.39, 0.29) is 0 Å². The summed E-state index contributed by atoms with van der Waals surface area (Å²) < 4.78 is 0. The second-order valence-corrected chi connectivity index (χ2v) is 13.6. The second-order valence-electron chi connectivity index (χ2n) is 13.6. The summed E-state index contributed by atoms with van der Waals surface area (Å²) in [7, 11) is 0. The summed E-state index contributed by atoms with van der Waals surface area (Å²) in [5.41, 5.74) is 0. The van der Waals surface area contributed by atoms with Crippen LogP contribution in [0.15, 0.2) is 12.4 Å². The molecule has 0 aliphatic carbocycles. The van der Waals surface area contributed by atoms with Gasteiger partial charge in [-0.1, -0.05) is 194 Å². The van der Waals surface area contributed by atoms with Crippen LogP contribution in [0.1, 0.15) is 220 Å². The molecule has 1 heterocycles. The topological polar surface area (TPSA) is 6.48 Å². The van der Waals surface area contributed by atoms with Gasteiger partial charge in [0.1, 0.15) is 6.17 Å². The van der Waals surface area contributed by atoms with Crippen molar-refractivity contribution in [3.63, 3.8) is 0 Å². The van der Waals surface area contributed by atoms with Crippen LogP contribution in [-0.4, -0.2) is 29.1 Å². The van der Waals surface area contributed by atoms with Gasteiger partial charge >= 0.3 is 0 Å². The molecule has 0 bridgehead atoms. The third kappa shape index (κ3) is 23.5. The van der Waals surface area contributed by atoms with E-state index in [0.717, 1.165) is 0 Å². The van der Waals surface area contributed by atoms with E-state index in [4.69, 9.17) is 0 Å². The van der Waals surface area contributed by atoms with Gasteiger partial charge in [-0.05, 0) is 25.7 Å². The van der Waals surface area contributed by atoms with Crippen molar-refractivity contribution in [1.82, 2.24) is 9.80 Å². The zero-order valence-electron chi connectivity index (χ0n) is 29.0. The highest BCUT2D eigenvalue weighted by molar-refractivity contribution is 4.97. The summed E-state index contributed by atoms with van der Waals surface area (Å²) in [5, 5.41) is 0. The molecule has 0 fully saturated rings. The lowest BCUT2D eigenvalue weighted by molar-refractivity contribution is 0.135. The Morgan fingerprint density at radius 3 is 0.854 bits per heavy atom. The van der Waals surface area contributed by atoms with Crippen LogP contribution in [0.3, 0.4) is 0 Å². The van der Waals surface area contributed by atoms with E-state index in [1.54, 1.807) is 0 Å². The molecule has 0 saturated carbocycles. The fourth-order valence-corrected chi connectivity index (χ4v) is 6.72. The van der Waals surface area contributed by atoms with E-state index in [2.05, 4.69) is 43.0 Å². The van der Waals surface area contributed by atoms with Crippen LogP contribution in [-0.2, 0) is 0 Å². The second kappa shape index (κ2) is 30.8. The van der Waals surface area contributed by atoms with Crippen LogP contribution in [0.5, 0.6) is 0 Å². The summed E-state index contributed by atoms with van der Waals surface area (Å²) in [4.78, 5) is 5.40. The number of rotatable bonds is 33.